The largest absolute Gasteiger partial charge is 0.464 e. The molecule has 0 spiro atoms. The van der Waals surface area contributed by atoms with Gasteiger partial charge in [0.05, 0.1) is 26.4 Å². The maximum Gasteiger partial charge on any atom is 0.407 e. The van der Waals surface area contributed by atoms with Crippen LogP contribution in [-0.2, 0) is 28.5 Å². The molecule has 3 fully saturated rings. The number of hydrogen-bond acceptors (Lipinski definition) is 10. The number of rotatable bonds is 26. The van der Waals surface area contributed by atoms with Crippen molar-refractivity contribution in [2.24, 2.45) is 62.8 Å². The van der Waals surface area contributed by atoms with E-state index in [0.29, 0.717) is 24.0 Å². The Hall–Kier alpha value is -3.39. The second-order valence-electron chi connectivity index (χ2n) is 20.6. The van der Waals surface area contributed by atoms with E-state index in [0.717, 1.165) is 80.5 Å². The molecule has 14 nitrogen and oxygen atoms in total. The Bertz CT molecular complexity index is 1550. The second kappa shape index (κ2) is 24.8. The zero-order valence-corrected chi connectivity index (χ0v) is 40.3. The lowest BCUT2D eigenvalue weighted by Gasteiger charge is -2.58. The number of aliphatic imine (C=N–C) groups is 1. The van der Waals surface area contributed by atoms with Crippen LogP contribution in [0.25, 0.3) is 0 Å². The summed E-state index contributed by atoms with van der Waals surface area (Å²) in [7, 11) is 0. The van der Waals surface area contributed by atoms with Crippen molar-refractivity contribution in [3.05, 3.63) is 11.6 Å². The van der Waals surface area contributed by atoms with E-state index in [-0.39, 0.29) is 57.0 Å². The predicted molar refractivity (Wildman–Crippen MR) is 248 cm³/mol. The maximum absolute atomic E-state index is 12.9. The Morgan fingerprint density at radius 2 is 1.54 bits per heavy atom. The highest BCUT2D eigenvalue weighted by Gasteiger charge is 2.59. The number of allylic oxidation sites excluding steroid dienone is 1. The van der Waals surface area contributed by atoms with Crippen LogP contribution in [0.1, 0.15) is 165 Å². The van der Waals surface area contributed by atoms with Gasteiger partial charge in [0.15, 0.2) is 17.8 Å². The lowest BCUT2D eigenvalue weighted by atomic mass is 9.47. The molecule has 63 heavy (non-hydrogen) atoms. The summed E-state index contributed by atoms with van der Waals surface area (Å²) in [6.45, 7) is 18.7. The fourth-order valence-corrected chi connectivity index (χ4v) is 11.8. The Kier molecular flexibility index (Phi) is 20.5. The average molecular weight is 887 g/mol. The molecule has 14 heteroatoms. The van der Waals surface area contributed by atoms with Gasteiger partial charge in [-0.1, -0.05) is 78.4 Å². The third-order valence-corrected chi connectivity index (χ3v) is 15.0. The molecular weight excluding hydrogens is 801 g/mol. The number of hydrogen-bond donors (Lipinski definition) is 5. The first kappa shape index (κ1) is 52.2. The molecule has 7 N–H and O–H groups in total. The molecule has 4 aliphatic carbocycles. The predicted octanol–water partition coefficient (Wildman–Crippen LogP) is 9.18. The summed E-state index contributed by atoms with van der Waals surface area (Å²) in [6, 6.07) is -0.791. The van der Waals surface area contributed by atoms with Gasteiger partial charge in [0.1, 0.15) is 6.10 Å². The summed E-state index contributed by atoms with van der Waals surface area (Å²) in [6.07, 6.45) is 18.9. The maximum atomic E-state index is 12.9. The fraction of sp³-hybridized carbons (Fsp3) is 0.857. The van der Waals surface area contributed by atoms with E-state index >= 15 is 0 Å². The number of carbonyl (C=O) groups is 3. The highest BCUT2D eigenvalue weighted by molar-refractivity contribution is 5.82. The lowest BCUT2D eigenvalue weighted by molar-refractivity contribution is -0.211. The first-order valence-corrected chi connectivity index (χ1v) is 24.5. The van der Waals surface area contributed by atoms with E-state index in [2.05, 4.69) is 56.3 Å². The van der Waals surface area contributed by atoms with E-state index < -0.39 is 30.0 Å². The fourth-order valence-electron chi connectivity index (χ4n) is 11.8. The van der Waals surface area contributed by atoms with Crippen LogP contribution in [0.3, 0.4) is 0 Å². The monoisotopic (exact) mass is 887 g/mol. The minimum atomic E-state index is -0.947. The van der Waals surface area contributed by atoms with E-state index in [1.54, 1.807) is 20.8 Å². The zero-order valence-electron chi connectivity index (χ0n) is 40.3. The van der Waals surface area contributed by atoms with Crippen LogP contribution in [0.4, 0.5) is 9.59 Å². The molecule has 0 heterocycles. The van der Waals surface area contributed by atoms with Crippen molar-refractivity contribution in [1.82, 2.24) is 10.6 Å². The molecule has 3 saturated carbocycles. The number of ether oxygens (including phenoxy) is 5. The average Bonchev–Trinajstić information content (AvgIpc) is 3.57. The van der Waals surface area contributed by atoms with Gasteiger partial charge in [-0.3, -0.25) is 0 Å². The molecule has 2 amide bonds. The summed E-state index contributed by atoms with van der Waals surface area (Å²) in [5.41, 5.74) is 13.8. The van der Waals surface area contributed by atoms with Crippen LogP contribution in [-0.4, -0.2) is 87.3 Å². The number of alkyl carbamates (subject to hydrolysis) is 2. The van der Waals surface area contributed by atoms with Gasteiger partial charge < -0.3 is 51.2 Å². The van der Waals surface area contributed by atoms with E-state index in [9.17, 15) is 14.4 Å². The Balaban J connectivity index is 1.06. The van der Waals surface area contributed by atoms with Crippen molar-refractivity contribution < 1.29 is 38.1 Å². The molecule has 0 aromatic heterocycles. The Morgan fingerprint density at radius 1 is 0.841 bits per heavy atom. The van der Waals surface area contributed by atoms with Gasteiger partial charge in [-0.2, -0.15) is 0 Å². The smallest absolute Gasteiger partial charge is 0.407 e. The number of amides is 2. The topological polar surface area (TPSA) is 210 Å². The number of nitrogens with zero attached hydrogens (tertiary/aromatic N) is 1. The highest BCUT2D eigenvalue weighted by Crippen LogP contribution is 2.67. The van der Waals surface area contributed by atoms with Crippen molar-refractivity contribution in [2.45, 2.75) is 182 Å². The van der Waals surface area contributed by atoms with Gasteiger partial charge in [0.2, 0.25) is 0 Å². The van der Waals surface area contributed by atoms with Crippen molar-refractivity contribution in [3.8, 4) is 0 Å². The SMILES string of the molecule is CC(=N)CCCCCC(N=C(N)N)C(=O)OCCCOC(=O)NCCOC(C)(C)OCCNC(=O)OC1CCC2(C)C(=CCC3C2CCC2(C)C(C(C)CCCC(C)C)CCC32)C1. The van der Waals surface area contributed by atoms with E-state index in [1.807, 2.05) is 0 Å². The number of guanidine groups is 1. The first-order valence-electron chi connectivity index (χ1n) is 24.5. The van der Waals surface area contributed by atoms with Crippen LogP contribution in [0.2, 0.25) is 0 Å². The molecule has 0 saturated heterocycles. The van der Waals surface area contributed by atoms with Crippen LogP contribution >= 0.6 is 0 Å². The van der Waals surface area contributed by atoms with Crippen molar-refractivity contribution in [2.75, 3.05) is 39.5 Å². The summed E-state index contributed by atoms with van der Waals surface area (Å²) in [4.78, 5) is 41.5. The van der Waals surface area contributed by atoms with Crippen molar-refractivity contribution in [3.63, 3.8) is 0 Å². The zero-order chi connectivity index (χ0) is 46.2. The van der Waals surface area contributed by atoms with Crippen LogP contribution in [0.5, 0.6) is 0 Å². The summed E-state index contributed by atoms with van der Waals surface area (Å²) >= 11 is 0. The van der Waals surface area contributed by atoms with Gasteiger partial charge in [-0.15, -0.1) is 0 Å². The van der Waals surface area contributed by atoms with Crippen molar-refractivity contribution in [1.29, 1.82) is 5.41 Å². The van der Waals surface area contributed by atoms with E-state index in [4.69, 9.17) is 40.6 Å². The van der Waals surface area contributed by atoms with Crippen molar-refractivity contribution >= 4 is 29.8 Å². The molecule has 0 bridgehead atoms. The molecule has 4 rings (SSSR count). The minimum Gasteiger partial charge on any atom is -0.464 e. The minimum absolute atomic E-state index is 0.0504. The number of carbonyl (C=O) groups excluding carboxylic acids is 3. The quantitative estimate of drug-likeness (QED) is 0.0106. The molecule has 0 aromatic carbocycles. The van der Waals surface area contributed by atoms with Gasteiger partial charge in [-0.05, 0) is 131 Å². The summed E-state index contributed by atoms with van der Waals surface area (Å²) < 4.78 is 28.1. The van der Waals surface area contributed by atoms with Crippen LogP contribution in [0.15, 0.2) is 16.6 Å². The third kappa shape index (κ3) is 15.9. The molecule has 0 aliphatic heterocycles. The van der Waals surface area contributed by atoms with Crippen LogP contribution < -0.4 is 22.1 Å². The lowest BCUT2D eigenvalue weighted by Crippen LogP contribution is -2.51. The van der Waals surface area contributed by atoms with Crippen LogP contribution in [0, 0.1) is 51.7 Å². The molecule has 360 valence electrons. The molecular formula is C49H86N6O8. The summed E-state index contributed by atoms with van der Waals surface area (Å²) in [5, 5.41) is 13.0. The highest BCUT2D eigenvalue weighted by atomic mass is 16.7. The number of nitrogens with one attached hydrogen (secondary N) is 3. The number of unbranched alkanes of at least 4 members (excludes halogenated alkanes) is 2. The number of esters is 1. The molecule has 9 unspecified atom stereocenters. The van der Waals surface area contributed by atoms with Gasteiger partial charge in [0, 0.05) is 31.6 Å². The summed E-state index contributed by atoms with van der Waals surface area (Å²) in [5.74, 6) is 3.16. The molecule has 0 radical (unpaired) electrons. The first-order chi connectivity index (χ1) is 29.8. The molecule has 0 aromatic rings. The van der Waals surface area contributed by atoms with Gasteiger partial charge in [0.25, 0.3) is 0 Å². The number of fused-ring (bicyclic) bond motifs is 5. The van der Waals surface area contributed by atoms with E-state index in [1.165, 1.54) is 56.9 Å². The molecule has 4 aliphatic rings. The molecule has 9 atom stereocenters. The van der Waals surface area contributed by atoms with Gasteiger partial charge in [-0.25, -0.2) is 19.4 Å². The third-order valence-electron chi connectivity index (χ3n) is 15.0. The Labute approximate surface area is 379 Å². The Morgan fingerprint density at radius 3 is 2.22 bits per heavy atom. The standard InChI is InChI=1S/C49H86N6O8/c1-33(2)14-12-15-34(3)39-20-21-40-38-19-18-36-32-37(22-24-48(36,7)41(38)23-25-49(39,40)8)63-46(58)54-27-31-62-47(5,6)61-30-26-53-45(57)60-29-13-28-59-43(56)42(55-44(51)52)17-11-9-10-16-35(4)50/h18,33-34,37-42,50H,9-17,19-32H2,1-8H3,(H,53,57)(H,54,58)(H4,51,52,55). The number of nitrogens with two attached hydrogens (primary N) is 2. The second-order valence-corrected chi connectivity index (χ2v) is 20.6. The van der Waals surface area contributed by atoms with Gasteiger partial charge >= 0.3 is 18.2 Å². The normalized spacial score (nSPS) is 27.4.